The minimum absolute atomic E-state index is 0.00518. The van der Waals surface area contributed by atoms with Gasteiger partial charge < -0.3 is 49.7 Å². The third kappa shape index (κ3) is 14.3. The number of amides is 4. The first kappa shape index (κ1) is 56.9. The lowest BCUT2D eigenvalue weighted by Gasteiger charge is -2.35. The van der Waals surface area contributed by atoms with Crippen LogP contribution in [0, 0.1) is 13.8 Å². The summed E-state index contributed by atoms with van der Waals surface area (Å²) < 4.78 is 23.7. The van der Waals surface area contributed by atoms with E-state index in [0.717, 1.165) is 36.3 Å². The van der Waals surface area contributed by atoms with Crippen LogP contribution in [0.1, 0.15) is 113 Å². The summed E-state index contributed by atoms with van der Waals surface area (Å²) in [5.74, 6) is -1.19. The van der Waals surface area contributed by atoms with Gasteiger partial charge in [-0.15, -0.1) is 0 Å². The number of hydrogen-bond acceptors (Lipinski definition) is 12. The minimum atomic E-state index is -1.42. The lowest BCUT2D eigenvalue weighted by molar-refractivity contribution is -0.170. The molecule has 6 rings (SSSR count). The molecule has 0 bridgehead atoms. The SMILES string of the molecule is CCN(CC)CCNC(=O)c1c(C)[nH]c(/C=C2\C(=O)Nc3ccc(OC(=O)CCC(=O)C(C)(CC)O[C@@H](C)C(=O)C(C)(CC)OCCN(Cc4cccc(OC)c4)C(=O)Nc4ccc(-c5cn[nH]c5)cc4)cc32)c1C. The topological polar surface area (TPSA) is 226 Å². The number of rotatable bonds is 27. The molecule has 5 N–H and O–H groups in total. The first-order valence-corrected chi connectivity index (χ1v) is 25.6. The van der Waals surface area contributed by atoms with Gasteiger partial charge in [0.15, 0.2) is 11.6 Å². The molecule has 4 amide bonds. The summed E-state index contributed by atoms with van der Waals surface area (Å²) in [5, 5.41) is 15.6. The van der Waals surface area contributed by atoms with E-state index in [4.69, 9.17) is 18.9 Å². The smallest absolute Gasteiger partial charge is 0.322 e. The number of carbonyl (C=O) groups excluding carboxylic acids is 6. The molecule has 3 aromatic carbocycles. The third-order valence-electron chi connectivity index (χ3n) is 14.0. The van der Waals surface area contributed by atoms with E-state index in [1.165, 1.54) is 0 Å². The minimum Gasteiger partial charge on any atom is -0.497 e. The zero-order valence-electron chi connectivity index (χ0n) is 44.9. The molecule has 3 atom stereocenters. The van der Waals surface area contributed by atoms with Crippen LogP contribution < -0.4 is 25.4 Å². The fourth-order valence-corrected chi connectivity index (χ4v) is 8.94. The van der Waals surface area contributed by atoms with Crippen LogP contribution in [-0.2, 0) is 35.2 Å². The molecule has 18 heteroatoms. The molecule has 0 fully saturated rings. The summed E-state index contributed by atoms with van der Waals surface area (Å²) in [6.45, 7) is 19.6. The van der Waals surface area contributed by atoms with E-state index in [9.17, 15) is 28.8 Å². The Hall–Kier alpha value is -7.41. The van der Waals surface area contributed by atoms with Gasteiger partial charge in [0.25, 0.3) is 11.8 Å². The van der Waals surface area contributed by atoms with Crippen LogP contribution in [0.2, 0.25) is 0 Å². The summed E-state index contributed by atoms with van der Waals surface area (Å²) in [5.41, 5.74) is 4.32. The van der Waals surface area contributed by atoms with Crippen LogP contribution in [0.5, 0.6) is 11.5 Å². The van der Waals surface area contributed by atoms with Crippen LogP contribution >= 0.6 is 0 Å². The molecule has 5 aromatic rings. The van der Waals surface area contributed by atoms with Crippen LogP contribution in [0.15, 0.2) is 79.1 Å². The van der Waals surface area contributed by atoms with Gasteiger partial charge in [-0.3, -0.25) is 29.1 Å². The van der Waals surface area contributed by atoms with Crippen molar-refractivity contribution >= 4 is 58.4 Å². The average molecular weight is 1030 g/mol. The quantitative estimate of drug-likeness (QED) is 0.0189. The molecule has 2 unspecified atom stereocenters. The van der Waals surface area contributed by atoms with E-state index in [2.05, 4.69) is 49.9 Å². The van der Waals surface area contributed by atoms with Crippen molar-refractivity contribution in [2.24, 2.45) is 0 Å². The number of aromatic amines is 2. The molecule has 0 spiro atoms. The summed E-state index contributed by atoms with van der Waals surface area (Å²) in [4.78, 5) is 88.6. The highest BCUT2D eigenvalue weighted by molar-refractivity contribution is 6.35. The zero-order chi connectivity index (χ0) is 54.5. The molecule has 18 nitrogen and oxygen atoms in total. The maximum Gasteiger partial charge on any atom is 0.322 e. The second kappa shape index (κ2) is 25.7. The van der Waals surface area contributed by atoms with E-state index in [1.54, 1.807) is 76.4 Å². The van der Waals surface area contributed by atoms with Crippen molar-refractivity contribution in [2.45, 2.75) is 112 Å². The highest BCUT2D eigenvalue weighted by Crippen LogP contribution is 2.37. The summed E-state index contributed by atoms with van der Waals surface area (Å²) in [6, 6.07) is 19.2. The predicted octanol–water partition coefficient (Wildman–Crippen LogP) is 8.91. The number of nitrogens with one attached hydrogen (secondary N) is 5. The highest BCUT2D eigenvalue weighted by Gasteiger charge is 2.42. The van der Waals surface area contributed by atoms with Crippen molar-refractivity contribution in [3.05, 3.63) is 113 Å². The standard InChI is InChI=1S/C57H72N8O10/c1-11-56(8,49(66)24-25-50(67)74-44-22-23-47-45(31-44)46(53(69)63-47)32-48-36(5)51(37(6)61-48)54(70)58-26-27-64(13-3)14-4)75-38(7)52(68)57(9,12-2)73-29-28-65(35-39-16-15-17-43(30-39)72-10)55(71)62-42-20-18-40(19-21-42)41-33-59-60-34-41/h15-23,30-34,38,61H,11-14,24-29,35H2,1-10H3,(H,58,70)(H,59,60)(H,62,71)(H,63,69)/b46-32-/t38-,56?,57?/m0/s1. The van der Waals surface area contributed by atoms with Crippen LogP contribution in [0.3, 0.4) is 0 Å². The summed E-state index contributed by atoms with van der Waals surface area (Å²) in [6.07, 6.45) is 4.10. The van der Waals surface area contributed by atoms with Crippen molar-refractivity contribution in [1.82, 2.24) is 30.3 Å². The maximum absolute atomic E-state index is 14.2. The normalized spacial score (nSPS) is 14.6. The molecule has 75 heavy (non-hydrogen) atoms. The van der Waals surface area contributed by atoms with Crippen molar-refractivity contribution in [1.29, 1.82) is 0 Å². The van der Waals surface area contributed by atoms with E-state index in [-0.39, 0.29) is 74.8 Å². The van der Waals surface area contributed by atoms with Gasteiger partial charge in [-0.2, -0.15) is 5.10 Å². The number of ether oxygens (including phenoxy) is 4. The molecule has 0 saturated heterocycles. The van der Waals surface area contributed by atoms with Crippen LogP contribution in [0.25, 0.3) is 22.8 Å². The van der Waals surface area contributed by atoms with E-state index in [1.807, 2.05) is 69.3 Å². The number of aryl methyl sites for hydroxylation is 1. The van der Waals surface area contributed by atoms with Crippen LogP contribution in [-0.4, -0.2) is 124 Å². The molecule has 0 saturated carbocycles. The number of Topliss-reactive ketones (excluding diaryl/α,β-unsaturated/α-hetero) is 2. The monoisotopic (exact) mass is 1030 g/mol. The van der Waals surface area contributed by atoms with E-state index < -0.39 is 29.1 Å². The lowest BCUT2D eigenvalue weighted by Crippen LogP contribution is -2.50. The number of ketones is 2. The number of likely N-dealkylation sites (N-methyl/N-ethyl adjacent to an activating group) is 1. The predicted molar refractivity (Wildman–Crippen MR) is 289 cm³/mol. The molecule has 0 radical (unpaired) electrons. The van der Waals surface area contributed by atoms with Gasteiger partial charge in [0, 0.05) is 72.7 Å². The van der Waals surface area contributed by atoms with Gasteiger partial charge >= 0.3 is 12.0 Å². The Balaban J connectivity index is 1.04. The maximum atomic E-state index is 14.2. The number of esters is 1. The number of carbonyl (C=O) groups is 6. The Morgan fingerprint density at radius 1 is 0.867 bits per heavy atom. The van der Waals surface area contributed by atoms with E-state index in [0.29, 0.717) is 57.3 Å². The molecule has 2 aromatic heterocycles. The first-order chi connectivity index (χ1) is 35.8. The van der Waals surface area contributed by atoms with Gasteiger partial charge in [-0.25, -0.2) is 4.79 Å². The number of fused-ring (bicyclic) bond motifs is 1. The van der Waals surface area contributed by atoms with Gasteiger partial charge in [0.1, 0.15) is 28.8 Å². The van der Waals surface area contributed by atoms with Crippen molar-refractivity contribution in [3.8, 4) is 22.6 Å². The molecular formula is C57H72N8O10. The molecule has 1 aliphatic heterocycles. The number of aromatic nitrogens is 3. The number of anilines is 2. The Labute approximate surface area is 439 Å². The summed E-state index contributed by atoms with van der Waals surface area (Å²) >= 11 is 0. The van der Waals surface area contributed by atoms with Gasteiger partial charge in [0.2, 0.25) is 0 Å². The number of benzene rings is 3. The number of methoxy groups -OCH3 is 1. The van der Waals surface area contributed by atoms with E-state index >= 15 is 0 Å². The van der Waals surface area contributed by atoms with Crippen molar-refractivity contribution < 1.29 is 47.7 Å². The fourth-order valence-electron chi connectivity index (χ4n) is 8.94. The first-order valence-electron chi connectivity index (χ1n) is 25.6. The van der Waals surface area contributed by atoms with Gasteiger partial charge in [-0.1, -0.05) is 52.0 Å². The van der Waals surface area contributed by atoms with Crippen molar-refractivity contribution in [3.63, 3.8) is 0 Å². The number of hydrogen-bond donors (Lipinski definition) is 5. The Kier molecular flexibility index (Phi) is 19.5. The Morgan fingerprint density at radius 2 is 1.60 bits per heavy atom. The van der Waals surface area contributed by atoms with Gasteiger partial charge in [0.05, 0.1) is 37.5 Å². The molecular weight excluding hydrogens is 957 g/mol. The molecule has 1 aliphatic rings. The second-order valence-electron chi connectivity index (χ2n) is 19.0. The summed E-state index contributed by atoms with van der Waals surface area (Å²) in [7, 11) is 1.57. The number of H-pyrrole nitrogens is 2. The average Bonchev–Trinajstić information content (AvgIpc) is 4.13. The Bertz CT molecular complexity index is 2850. The Morgan fingerprint density at radius 3 is 2.27 bits per heavy atom. The van der Waals surface area contributed by atoms with Gasteiger partial charge in [-0.05, 0) is 126 Å². The zero-order valence-corrected chi connectivity index (χ0v) is 44.9. The number of nitrogens with zero attached hydrogens (tertiary/aromatic N) is 3. The number of urea groups is 1. The molecule has 3 heterocycles. The van der Waals surface area contributed by atoms with Crippen molar-refractivity contribution in [2.75, 3.05) is 57.1 Å². The fraction of sp³-hybridized carbons (Fsp3) is 0.421. The van der Waals surface area contributed by atoms with Crippen LogP contribution in [0.4, 0.5) is 16.2 Å². The molecule has 400 valence electrons. The largest absolute Gasteiger partial charge is 0.497 e. The third-order valence-corrected chi connectivity index (χ3v) is 14.0. The lowest BCUT2D eigenvalue weighted by atomic mass is 9.91. The molecule has 0 aliphatic carbocycles. The second-order valence-corrected chi connectivity index (χ2v) is 19.0. The highest BCUT2D eigenvalue weighted by atomic mass is 16.5.